The third-order valence-corrected chi connectivity index (χ3v) is 3.18. The summed E-state index contributed by atoms with van der Waals surface area (Å²) in [7, 11) is 0. The van der Waals surface area contributed by atoms with Gasteiger partial charge in [-0.3, -0.25) is 4.79 Å². The van der Waals surface area contributed by atoms with E-state index < -0.39 is 0 Å². The quantitative estimate of drug-likeness (QED) is 0.600. The minimum absolute atomic E-state index is 0.0260. The number of nitrogen functional groups attached to an aromatic ring is 1. The first-order valence-electron chi connectivity index (χ1n) is 5.91. The predicted octanol–water partition coefficient (Wildman–Crippen LogP) is 1.43. The number of benzene rings is 1. The molecular weight excluding hydrogens is 216 g/mol. The Morgan fingerprint density at radius 2 is 2.29 bits per heavy atom. The molecule has 1 aliphatic rings. The second-order valence-electron chi connectivity index (χ2n) is 4.57. The minimum Gasteiger partial charge on any atom is -0.398 e. The lowest BCUT2D eigenvalue weighted by molar-refractivity contribution is 0.101. The van der Waals surface area contributed by atoms with Crippen LogP contribution < -0.4 is 10.6 Å². The van der Waals surface area contributed by atoms with Crippen molar-refractivity contribution in [2.24, 2.45) is 0 Å². The Balaban J connectivity index is 2.26. The van der Waals surface area contributed by atoms with E-state index in [1.807, 2.05) is 12.1 Å². The van der Waals surface area contributed by atoms with E-state index in [1.165, 1.54) is 6.92 Å². The summed E-state index contributed by atoms with van der Waals surface area (Å²) < 4.78 is 0. The standard InChI is InChI=1S/C13H18N2O2/c1-9(16)12-7-10(4-5-13(12)14)15-6-2-3-11(17)8-15/h4-5,7,11,17H,2-3,6,8,14H2,1H3. The molecule has 1 aliphatic heterocycles. The van der Waals surface area contributed by atoms with Gasteiger partial charge < -0.3 is 15.7 Å². The van der Waals surface area contributed by atoms with Crippen LogP contribution in [0.2, 0.25) is 0 Å². The molecule has 3 N–H and O–H groups in total. The lowest BCUT2D eigenvalue weighted by atomic mass is 10.0. The first-order chi connectivity index (χ1) is 8.08. The summed E-state index contributed by atoms with van der Waals surface area (Å²) >= 11 is 0. The van der Waals surface area contributed by atoms with Crippen LogP contribution >= 0.6 is 0 Å². The number of nitrogens with zero attached hydrogens (tertiary/aromatic N) is 1. The number of β-amino-alcohol motifs (C(OH)–C–C–N with tert-alkyl or cyclic N) is 1. The monoisotopic (exact) mass is 234 g/mol. The molecule has 0 spiro atoms. The van der Waals surface area contributed by atoms with E-state index in [-0.39, 0.29) is 11.9 Å². The second-order valence-corrected chi connectivity index (χ2v) is 4.57. The highest BCUT2D eigenvalue weighted by Gasteiger charge is 2.18. The van der Waals surface area contributed by atoms with Crippen molar-refractivity contribution < 1.29 is 9.90 Å². The summed E-state index contributed by atoms with van der Waals surface area (Å²) in [5.41, 5.74) is 7.79. The zero-order valence-electron chi connectivity index (χ0n) is 10.0. The fourth-order valence-electron chi connectivity index (χ4n) is 2.24. The molecule has 92 valence electrons. The lowest BCUT2D eigenvalue weighted by Crippen LogP contribution is -2.38. The molecule has 0 aliphatic carbocycles. The fraction of sp³-hybridized carbons (Fsp3) is 0.462. The Labute approximate surface area is 101 Å². The fourth-order valence-corrected chi connectivity index (χ4v) is 2.24. The molecule has 0 bridgehead atoms. The van der Waals surface area contributed by atoms with Crippen molar-refractivity contribution >= 4 is 17.2 Å². The SMILES string of the molecule is CC(=O)c1cc(N2CCCC(O)C2)ccc1N. The van der Waals surface area contributed by atoms with Crippen LogP contribution in [0.4, 0.5) is 11.4 Å². The Hall–Kier alpha value is -1.55. The topological polar surface area (TPSA) is 66.6 Å². The van der Waals surface area contributed by atoms with Crippen LogP contribution in [0.5, 0.6) is 0 Å². The number of carbonyl (C=O) groups excluding carboxylic acids is 1. The van der Waals surface area contributed by atoms with Gasteiger partial charge in [0.05, 0.1) is 6.10 Å². The number of ketones is 1. The highest BCUT2D eigenvalue weighted by molar-refractivity contribution is 6.00. The van der Waals surface area contributed by atoms with Gasteiger partial charge in [0.1, 0.15) is 0 Å². The maximum atomic E-state index is 11.4. The van der Waals surface area contributed by atoms with Gasteiger partial charge in [0.15, 0.2) is 5.78 Å². The van der Waals surface area contributed by atoms with Crippen LogP contribution in [-0.2, 0) is 0 Å². The Morgan fingerprint density at radius 3 is 2.94 bits per heavy atom. The van der Waals surface area contributed by atoms with E-state index in [0.717, 1.165) is 25.1 Å². The van der Waals surface area contributed by atoms with Crippen LogP contribution in [0.25, 0.3) is 0 Å². The number of aliphatic hydroxyl groups excluding tert-OH is 1. The molecule has 0 saturated carbocycles. The number of carbonyl (C=O) groups is 1. The number of hydrogen-bond donors (Lipinski definition) is 2. The van der Waals surface area contributed by atoms with Crippen LogP contribution in [0.1, 0.15) is 30.1 Å². The normalized spacial score (nSPS) is 20.4. The third-order valence-electron chi connectivity index (χ3n) is 3.18. The van der Waals surface area contributed by atoms with Gasteiger partial charge in [-0.25, -0.2) is 0 Å². The zero-order valence-corrected chi connectivity index (χ0v) is 10.0. The molecule has 0 amide bonds. The summed E-state index contributed by atoms with van der Waals surface area (Å²) in [5.74, 6) is -0.0260. The van der Waals surface area contributed by atoms with Crippen molar-refractivity contribution in [3.8, 4) is 0 Å². The summed E-state index contributed by atoms with van der Waals surface area (Å²) in [6, 6.07) is 5.47. The van der Waals surface area contributed by atoms with Gasteiger partial charge in [-0.1, -0.05) is 0 Å². The zero-order chi connectivity index (χ0) is 12.4. The maximum absolute atomic E-state index is 11.4. The number of Topliss-reactive ketones (excluding diaryl/α,β-unsaturated/α-hetero) is 1. The van der Waals surface area contributed by atoms with Crippen molar-refractivity contribution in [1.82, 2.24) is 0 Å². The van der Waals surface area contributed by atoms with E-state index in [4.69, 9.17) is 5.73 Å². The Bertz CT molecular complexity index is 431. The van der Waals surface area contributed by atoms with Gasteiger partial charge in [-0.15, -0.1) is 0 Å². The van der Waals surface area contributed by atoms with Gasteiger partial charge in [0, 0.05) is 30.0 Å². The number of nitrogens with two attached hydrogens (primary N) is 1. The van der Waals surface area contributed by atoms with Crippen LogP contribution in [-0.4, -0.2) is 30.1 Å². The first kappa shape index (κ1) is 11.9. The number of hydrogen-bond acceptors (Lipinski definition) is 4. The largest absolute Gasteiger partial charge is 0.398 e. The molecule has 1 aromatic rings. The number of aliphatic hydroxyl groups is 1. The van der Waals surface area contributed by atoms with Gasteiger partial charge in [0.2, 0.25) is 0 Å². The Kier molecular flexibility index (Phi) is 3.33. The van der Waals surface area contributed by atoms with E-state index in [2.05, 4.69) is 4.90 Å². The van der Waals surface area contributed by atoms with Gasteiger partial charge in [0.25, 0.3) is 0 Å². The molecule has 17 heavy (non-hydrogen) atoms. The van der Waals surface area contributed by atoms with Gasteiger partial charge in [-0.05, 0) is 38.0 Å². The molecule has 1 atom stereocenters. The maximum Gasteiger partial charge on any atom is 0.161 e. The molecular formula is C13H18N2O2. The van der Waals surface area contributed by atoms with E-state index >= 15 is 0 Å². The Morgan fingerprint density at radius 1 is 1.53 bits per heavy atom. The summed E-state index contributed by atoms with van der Waals surface area (Å²) in [4.78, 5) is 13.5. The lowest BCUT2D eigenvalue weighted by Gasteiger charge is -2.32. The molecule has 1 saturated heterocycles. The van der Waals surface area contributed by atoms with Crippen molar-refractivity contribution in [2.45, 2.75) is 25.9 Å². The third kappa shape index (κ3) is 2.58. The second kappa shape index (κ2) is 4.75. The van der Waals surface area contributed by atoms with Gasteiger partial charge >= 0.3 is 0 Å². The number of rotatable bonds is 2. The van der Waals surface area contributed by atoms with Gasteiger partial charge in [-0.2, -0.15) is 0 Å². The van der Waals surface area contributed by atoms with Crippen molar-refractivity contribution in [1.29, 1.82) is 0 Å². The number of anilines is 2. The van der Waals surface area contributed by atoms with Crippen LogP contribution in [0.3, 0.4) is 0 Å². The minimum atomic E-state index is -0.276. The van der Waals surface area contributed by atoms with Crippen LogP contribution in [0, 0.1) is 0 Å². The van der Waals surface area contributed by atoms with Crippen molar-refractivity contribution in [2.75, 3.05) is 23.7 Å². The van der Waals surface area contributed by atoms with Crippen molar-refractivity contribution in [3.63, 3.8) is 0 Å². The highest BCUT2D eigenvalue weighted by Crippen LogP contribution is 2.24. The molecule has 1 fully saturated rings. The number of piperidine rings is 1. The first-order valence-corrected chi connectivity index (χ1v) is 5.91. The summed E-state index contributed by atoms with van der Waals surface area (Å²) in [6.45, 7) is 3.06. The molecule has 1 aromatic carbocycles. The average Bonchev–Trinajstić information content (AvgIpc) is 2.29. The average molecular weight is 234 g/mol. The van der Waals surface area contributed by atoms with E-state index in [0.29, 0.717) is 17.8 Å². The van der Waals surface area contributed by atoms with E-state index in [1.54, 1.807) is 6.07 Å². The van der Waals surface area contributed by atoms with E-state index in [9.17, 15) is 9.90 Å². The predicted molar refractivity (Wildman–Crippen MR) is 68.3 cm³/mol. The summed E-state index contributed by atoms with van der Waals surface area (Å²) in [6.07, 6.45) is 1.55. The summed E-state index contributed by atoms with van der Waals surface area (Å²) in [5, 5.41) is 9.64. The molecule has 2 rings (SSSR count). The highest BCUT2D eigenvalue weighted by atomic mass is 16.3. The molecule has 1 heterocycles. The molecule has 1 unspecified atom stereocenters. The smallest absolute Gasteiger partial charge is 0.161 e. The molecule has 4 nitrogen and oxygen atoms in total. The van der Waals surface area contributed by atoms with Crippen molar-refractivity contribution in [3.05, 3.63) is 23.8 Å². The molecule has 0 aromatic heterocycles. The molecule has 4 heteroatoms. The molecule has 0 radical (unpaired) electrons. The van der Waals surface area contributed by atoms with Crippen LogP contribution in [0.15, 0.2) is 18.2 Å².